The van der Waals surface area contributed by atoms with Gasteiger partial charge in [0.1, 0.15) is 0 Å². The van der Waals surface area contributed by atoms with Gasteiger partial charge in [-0.15, -0.1) is 5.10 Å². The first-order valence-corrected chi connectivity index (χ1v) is 7.48. The maximum atomic E-state index is 12.4. The summed E-state index contributed by atoms with van der Waals surface area (Å²) in [6.45, 7) is 3.79. The first kappa shape index (κ1) is 15.2. The minimum Gasteiger partial charge on any atom is -0.321 e. The van der Waals surface area contributed by atoms with Crippen molar-refractivity contribution in [1.82, 2.24) is 15.0 Å². The van der Waals surface area contributed by atoms with E-state index in [1.54, 1.807) is 23.7 Å². The van der Waals surface area contributed by atoms with Crippen molar-refractivity contribution in [2.24, 2.45) is 0 Å². The van der Waals surface area contributed by atoms with Crippen LogP contribution < -0.4 is 5.32 Å². The Morgan fingerprint density at radius 3 is 2.57 bits per heavy atom. The molecule has 3 aromatic rings. The highest BCUT2D eigenvalue weighted by Gasteiger charge is 2.17. The van der Waals surface area contributed by atoms with Gasteiger partial charge < -0.3 is 5.32 Å². The Morgan fingerprint density at radius 2 is 1.87 bits per heavy atom. The third kappa shape index (κ3) is 3.24. The number of aryl methyl sites for hydroxylation is 1. The second kappa shape index (κ2) is 6.22. The predicted molar refractivity (Wildman–Crippen MR) is 90.2 cm³/mol. The van der Waals surface area contributed by atoms with Crippen LogP contribution >= 0.6 is 11.6 Å². The summed E-state index contributed by atoms with van der Waals surface area (Å²) < 4.78 is 1.59. The highest BCUT2D eigenvalue weighted by molar-refractivity contribution is 6.30. The molecule has 3 rings (SSSR count). The van der Waals surface area contributed by atoms with E-state index >= 15 is 0 Å². The van der Waals surface area contributed by atoms with Gasteiger partial charge in [-0.05, 0) is 44.2 Å². The molecule has 0 aliphatic carbocycles. The quantitative estimate of drug-likeness (QED) is 0.796. The van der Waals surface area contributed by atoms with Crippen molar-refractivity contribution in [3.63, 3.8) is 0 Å². The lowest BCUT2D eigenvalue weighted by molar-refractivity contribution is 0.102. The fourth-order valence-corrected chi connectivity index (χ4v) is 2.40. The number of halogens is 1. The zero-order chi connectivity index (χ0) is 16.4. The standard InChI is InChI=1S/C17H15ClN4O/c1-11-6-8-14(9-7-11)19-17(23)16-12(2)22(21-20-16)15-5-3-4-13(18)10-15/h3-10H,1-2H3,(H,19,23). The molecule has 0 fully saturated rings. The number of carbonyl (C=O) groups is 1. The molecule has 0 atom stereocenters. The second-order valence-electron chi connectivity index (χ2n) is 5.24. The summed E-state index contributed by atoms with van der Waals surface area (Å²) in [6.07, 6.45) is 0. The molecule has 0 radical (unpaired) electrons. The Bertz CT molecular complexity index is 855. The van der Waals surface area contributed by atoms with Crippen molar-refractivity contribution >= 4 is 23.2 Å². The molecule has 0 aliphatic rings. The van der Waals surface area contributed by atoms with Crippen LogP contribution in [0.3, 0.4) is 0 Å². The van der Waals surface area contributed by atoms with E-state index in [4.69, 9.17) is 11.6 Å². The molecule has 23 heavy (non-hydrogen) atoms. The normalized spacial score (nSPS) is 10.6. The van der Waals surface area contributed by atoms with E-state index in [-0.39, 0.29) is 11.6 Å². The molecule has 6 heteroatoms. The van der Waals surface area contributed by atoms with Crippen LogP contribution in [0.4, 0.5) is 5.69 Å². The van der Waals surface area contributed by atoms with Crippen LogP contribution in [-0.4, -0.2) is 20.9 Å². The van der Waals surface area contributed by atoms with Gasteiger partial charge in [-0.2, -0.15) is 0 Å². The van der Waals surface area contributed by atoms with Crippen molar-refractivity contribution in [2.45, 2.75) is 13.8 Å². The van der Waals surface area contributed by atoms with Gasteiger partial charge in [0, 0.05) is 10.7 Å². The molecule has 1 heterocycles. The third-order valence-corrected chi connectivity index (χ3v) is 3.71. The molecule has 2 aromatic carbocycles. The molecular formula is C17H15ClN4O. The molecule has 0 saturated heterocycles. The topological polar surface area (TPSA) is 59.8 Å². The van der Waals surface area contributed by atoms with Gasteiger partial charge in [0.15, 0.2) is 5.69 Å². The maximum Gasteiger partial charge on any atom is 0.278 e. The summed E-state index contributed by atoms with van der Waals surface area (Å²) in [7, 11) is 0. The molecule has 0 bridgehead atoms. The highest BCUT2D eigenvalue weighted by Crippen LogP contribution is 2.17. The summed E-state index contributed by atoms with van der Waals surface area (Å²) in [5.41, 5.74) is 3.54. The molecule has 0 spiro atoms. The average Bonchev–Trinajstić information content (AvgIpc) is 2.91. The van der Waals surface area contributed by atoms with Gasteiger partial charge in [-0.1, -0.05) is 40.6 Å². The number of amides is 1. The number of rotatable bonds is 3. The van der Waals surface area contributed by atoms with E-state index in [1.807, 2.05) is 43.3 Å². The summed E-state index contributed by atoms with van der Waals surface area (Å²) in [5.74, 6) is -0.292. The highest BCUT2D eigenvalue weighted by atomic mass is 35.5. The molecular weight excluding hydrogens is 312 g/mol. The van der Waals surface area contributed by atoms with Gasteiger partial charge in [-0.25, -0.2) is 4.68 Å². The zero-order valence-corrected chi connectivity index (χ0v) is 13.5. The van der Waals surface area contributed by atoms with Crippen molar-refractivity contribution in [3.05, 3.63) is 70.5 Å². The number of hydrogen-bond donors (Lipinski definition) is 1. The van der Waals surface area contributed by atoms with Gasteiger partial charge in [0.05, 0.1) is 11.4 Å². The molecule has 5 nitrogen and oxygen atoms in total. The average molecular weight is 327 g/mol. The Balaban J connectivity index is 1.86. The smallest absolute Gasteiger partial charge is 0.278 e. The number of nitrogens with zero attached hydrogens (tertiary/aromatic N) is 3. The van der Waals surface area contributed by atoms with Crippen LogP contribution in [-0.2, 0) is 0 Å². The van der Waals surface area contributed by atoms with Crippen LogP contribution in [0.5, 0.6) is 0 Å². The van der Waals surface area contributed by atoms with Crippen LogP contribution in [0.15, 0.2) is 48.5 Å². The van der Waals surface area contributed by atoms with Crippen molar-refractivity contribution in [1.29, 1.82) is 0 Å². The Kier molecular flexibility index (Phi) is 4.12. The number of nitrogens with one attached hydrogen (secondary N) is 1. The summed E-state index contributed by atoms with van der Waals surface area (Å²) >= 11 is 6.00. The number of carbonyl (C=O) groups excluding carboxylic acids is 1. The Labute approximate surface area is 138 Å². The largest absolute Gasteiger partial charge is 0.321 e. The fourth-order valence-electron chi connectivity index (χ4n) is 2.22. The van der Waals surface area contributed by atoms with Crippen LogP contribution in [0.2, 0.25) is 5.02 Å². The first-order valence-electron chi connectivity index (χ1n) is 7.11. The van der Waals surface area contributed by atoms with E-state index in [1.165, 1.54) is 0 Å². The summed E-state index contributed by atoms with van der Waals surface area (Å²) in [4.78, 5) is 12.4. The number of aromatic nitrogens is 3. The molecule has 0 aliphatic heterocycles. The van der Waals surface area contributed by atoms with Gasteiger partial charge in [0.2, 0.25) is 0 Å². The van der Waals surface area contributed by atoms with Crippen molar-refractivity contribution in [2.75, 3.05) is 5.32 Å². The molecule has 116 valence electrons. The third-order valence-electron chi connectivity index (χ3n) is 3.47. The lowest BCUT2D eigenvalue weighted by atomic mass is 10.2. The Morgan fingerprint density at radius 1 is 1.13 bits per heavy atom. The first-order chi connectivity index (χ1) is 11.0. The van der Waals surface area contributed by atoms with Crippen molar-refractivity contribution in [3.8, 4) is 5.69 Å². The lowest BCUT2D eigenvalue weighted by Crippen LogP contribution is -2.14. The minimum atomic E-state index is -0.292. The van der Waals surface area contributed by atoms with Crippen LogP contribution in [0.1, 0.15) is 21.7 Å². The van der Waals surface area contributed by atoms with E-state index in [0.29, 0.717) is 10.7 Å². The molecule has 1 aromatic heterocycles. The lowest BCUT2D eigenvalue weighted by Gasteiger charge is -2.05. The monoisotopic (exact) mass is 326 g/mol. The second-order valence-corrected chi connectivity index (χ2v) is 5.67. The van der Waals surface area contributed by atoms with Crippen molar-refractivity contribution < 1.29 is 4.79 Å². The SMILES string of the molecule is Cc1ccc(NC(=O)c2nnn(-c3cccc(Cl)c3)c2C)cc1. The predicted octanol–water partition coefficient (Wildman–Crippen LogP) is 3.79. The van der Waals surface area contributed by atoms with Gasteiger partial charge in [-0.3, -0.25) is 4.79 Å². The van der Waals surface area contributed by atoms with E-state index in [9.17, 15) is 4.79 Å². The number of hydrogen-bond acceptors (Lipinski definition) is 3. The fraction of sp³-hybridized carbons (Fsp3) is 0.118. The molecule has 1 amide bonds. The van der Waals surface area contributed by atoms with E-state index in [0.717, 1.165) is 16.9 Å². The van der Waals surface area contributed by atoms with Crippen LogP contribution in [0, 0.1) is 13.8 Å². The van der Waals surface area contributed by atoms with E-state index < -0.39 is 0 Å². The van der Waals surface area contributed by atoms with Gasteiger partial charge in [0.25, 0.3) is 5.91 Å². The summed E-state index contributed by atoms with van der Waals surface area (Å²) in [5, 5.41) is 11.5. The Hall–Kier alpha value is -2.66. The molecule has 0 saturated carbocycles. The van der Waals surface area contributed by atoms with E-state index in [2.05, 4.69) is 15.6 Å². The van der Waals surface area contributed by atoms with Crippen LogP contribution in [0.25, 0.3) is 5.69 Å². The molecule has 1 N–H and O–H groups in total. The minimum absolute atomic E-state index is 0.283. The number of benzene rings is 2. The molecule has 0 unspecified atom stereocenters. The van der Waals surface area contributed by atoms with Gasteiger partial charge >= 0.3 is 0 Å². The summed E-state index contributed by atoms with van der Waals surface area (Å²) in [6, 6.07) is 14.8. The maximum absolute atomic E-state index is 12.4. The number of anilines is 1. The zero-order valence-electron chi connectivity index (χ0n) is 12.7.